The molecule has 6 saturated heterocycles. The zero-order chi connectivity index (χ0) is 108. The van der Waals surface area contributed by atoms with Crippen LogP contribution in [0.5, 0.6) is 0 Å². The summed E-state index contributed by atoms with van der Waals surface area (Å²) in [6.45, 7) is 111. The highest BCUT2D eigenvalue weighted by atomic mass is 32.1. The molecule has 9 aromatic heterocycles. The molecule has 6 N–H and O–H groups in total. The van der Waals surface area contributed by atoms with E-state index in [1.165, 1.54) is 95.4 Å². The number of urea groups is 1. The second-order valence-electron chi connectivity index (χ2n) is 51.3. The van der Waals surface area contributed by atoms with E-state index in [1.54, 1.807) is 41.7 Å². The number of amides is 4. The van der Waals surface area contributed by atoms with E-state index < -0.39 is 12.1 Å². The Morgan fingerprint density at radius 1 is 0.468 bits per heavy atom. The molecular weight excluding hydrogens is 1790 g/mol. The van der Waals surface area contributed by atoms with Crippen LogP contribution in [0.4, 0.5) is 4.79 Å². The molecule has 4 amide bonds. The Morgan fingerprint density at radius 3 is 1.23 bits per heavy atom. The van der Waals surface area contributed by atoms with E-state index in [4.69, 9.17) is 18.1 Å². The van der Waals surface area contributed by atoms with Crippen molar-refractivity contribution in [3.63, 3.8) is 0 Å². The fraction of sp³-hybridized carbons (Fsp3) is 0.757. The maximum absolute atomic E-state index is 11.1. The molecule has 804 valence electrons. The smallest absolute Gasteiger partial charge is 0.322 e. The van der Waals surface area contributed by atoms with Crippen LogP contribution in [0, 0.1) is 5.41 Å². The van der Waals surface area contributed by atoms with E-state index >= 15 is 0 Å². The zero-order valence-electron chi connectivity index (χ0n) is 96.7. The summed E-state index contributed by atoms with van der Waals surface area (Å²) in [5, 5.41) is 58.8. The summed E-state index contributed by atoms with van der Waals surface area (Å²) in [6, 6.07) is 7.07. The quantitative estimate of drug-likeness (QED) is 0.0768. The van der Waals surface area contributed by atoms with Gasteiger partial charge in [0, 0.05) is 161 Å². The third-order valence-electron chi connectivity index (χ3n) is 22.3. The predicted molar refractivity (Wildman–Crippen MR) is 577 cm³/mol. The number of morpholine rings is 1. The van der Waals surface area contributed by atoms with Crippen molar-refractivity contribution >= 4 is 29.2 Å². The summed E-state index contributed by atoms with van der Waals surface area (Å²) in [4.78, 5) is 52.8. The normalized spacial score (nSPS) is 16.6. The molecule has 1 atom stereocenters. The first-order valence-corrected chi connectivity index (χ1v) is 51.4. The molecule has 34 heteroatoms. The van der Waals surface area contributed by atoms with Gasteiger partial charge in [-0.2, -0.15) is 25.5 Å². The molecule has 0 saturated carbocycles. The van der Waals surface area contributed by atoms with Gasteiger partial charge in [0.2, 0.25) is 24.1 Å². The van der Waals surface area contributed by atoms with Crippen LogP contribution < -0.4 is 16.0 Å². The number of ether oxygens (including phenoxy) is 1. The van der Waals surface area contributed by atoms with Crippen LogP contribution in [0.15, 0.2) is 112 Å². The molecule has 141 heavy (non-hydrogen) atoms. The van der Waals surface area contributed by atoms with Gasteiger partial charge in [-0.05, 0) is 244 Å². The Morgan fingerprint density at radius 2 is 1.01 bits per heavy atom. The van der Waals surface area contributed by atoms with Crippen LogP contribution in [0.25, 0.3) is 0 Å². The number of imidazole rings is 1. The standard InChI is InChI=1S/C9H19N.C8H18N2.C8H17NO.C8H15NO.C8H17N.C8H12O.C7H12N2O2.4C7H12N2.2C6H10N2O.C6H10N2S.C5H10N4/c1-9(2,3)10-7-5-4-6-8-10;1-8(2,3)10-6-4-9-5-7-10;1-8(2,3)9-4-6-10-7-5-9;1-8(2,3)9-6-4-5-7(9)10;1-8(2,3)9-6-4-5-7-9;1-8(2,3)7-5-4-6-9-7;1-7(2,3)4-5(10)9-6(11)8-4;1-7(2,3)6-4-8-9-5-6;1-7(2,3)9-5-4-8-6-9;1-7(2,3)9-6-4-5-8-9;1-7(2,3)6-4-5-8-9-6;1-6(2,3)5-8-7-4-9-5;1-6(2,3)5-7-4-8-9-5;1-6(2,3)5-8-7-4-9-5;1-5(2,3)4-6-8-9-7-4/h4-8H2,1-3H3;9H,4-7H2,1-3H3;4-7H2,1-3H3;4-6H2,1-3H3;4-7H2,1-3H3;4-6H,1-3H3;4H,1-3H3,(H2,8,9,10,11);4-5H,1-3H3,(H,8,9);2*4-6H,1-3H3;4-5H,1-3H3,(H,8,9);3*4H,1-3H3;1-3H3,(H,6,7,8,9). The highest BCUT2D eigenvalue weighted by molar-refractivity contribution is 7.09. The number of piperazine rings is 1. The molecule has 15 heterocycles. The number of H-pyrrole nitrogens is 3. The van der Waals surface area contributed by atoms with Crippen LogP contribution in [0.2, 0.25) is 0 Å². The number of piperidine rings is 1. The Labute approximate surface area is 856 Å². The van der Waals surface area contributed by atoms with Crippen LogP contribution in [0.3, 0.4) is 0 Å². The molecule has 6 fully saturated rings. The molecule has 0 aromatic carbocycles. The zero-order valence-corrected chi connectivity index (χ0v) is 97.5. The van der Waals surface area contributed by atoms with E-state index in [-0.39, 0.29) is 65.8 Å². The third kappa shape index (κ3) is 56.3. The van der Waals surface area contributed by atoms with Crippen molar-refractivity contribution in [3.05, 3.63) is 138 Å². The molecule has 0 spiro atoms. The highest BCUT2D eigenvalue weighted by Crippen LogP contribution is 2.29. The number of tetrazole rings is 1. The minimum atomic E-state index is -0.394. The Hall–Kier alpha value is -8.80. The maximum atomic E-state index is 11.1. The van der Waals surface area contributed by atoms with Crippen LogP contribution >= 0.6 is 11.3 Å². The fourth-order valence-electron chi connectivity index (χ4n) is 13.3. The van der Waals surface area contributed by atoms with Gasteiger partial charge in [-0.25, -0.2) is 9.78 Å². The second-order valence-corrected chi connectivity index (χ2v) is 52.1. The van der Waals surface area contributed by atoms with Gasteiger partial charge < -0.3 is 38.2 Å². The Bertz CT molecular complexity index is 3880. The summed E-state index contributed by atoms with van der Waals surface area (Å²) in [5.74, 6) is 3.24. The second kappa shape index (κ2) is 58.4. The van der Waals surface area contributed by atoms with Crippen molar-refractivity contribution in [2.75, 3.05) is 85.2 Å². The predicted octanol–water partition coefficient (Wildman–Crippen LogP) is 21.9. The van der Waals surface area contributed by atoms with Crippen molar-refractivity contribution in [3.8, 4) is 0 Å². The molecule has 15 rings (SSSR count). The van der Waals surface area contributed by atoms with Gasteiger partial charge >= 0.3 is 6.03 Å². The number of nitrogens with one attached hydrogen (secondary N) is 6. The number of imide groups is 1. The van der Waals surface area contributed by atoms with Crippen molar-refractivity contribution in [1.29, 1.82) is 0 Å². The number of aromatic amines is 3. The molecule has 6 aliphatic rings. The van der Waals surface area contributed by atoms with Gasteiger partial charge in [-0.3, -0.25) is 49.4 Å². The number of likely N-dealkylation sites (tertiary alicyclic amines) is 3. The lowest BCUT2D eigenvalue weighted by Gasteiger charge is -2.38. The number of nitrogens with zero attached hydrogens (tertiary/aromatic N) is 20. The molecule has 0 radical (unpaired) electrons. The summed E-state index contributed by atoms with van der Waals surface area (Å²) >= 11 is 1.61. The first-order valence-electron chi connectivity index (χ1n) is 50.6. The Kier molecular flexibility index (Phi) is 53.9. The molecule has 0 aliphatic carbocycles. The first kappa shape index (κ1) is 130. The number of aromatic nitrogens is 18. The highest BCUT2D eigenvalue weighted by Gasteiger charge is 2.39. The van der Waals surface area contributed by atoms with Gasteiger partial charge in [-0.15, -0.1) is 41.9 Å². The van der Waals surface area contributed by atoms with Gasteiger partial charge in [0.05, 0.1) is 37.5 Å². The Balaban J connectivity index is 0.000000756. The molecule has 1 unspecified atom stereocenters. The number of carbonyl (C=O) groups is 3. The topological polar surface area (TPSA) is 377 Å². The average Bonchev–Trinajstić information content (AvgIpc) is 1.68. The van der Waals surface area contributed by atoms with E-state index in [1.807, 2.05) is 148 Å². The number of furan rings is 1. The summed E-state index contributed by atoms with van der Waals surface area (Å²) in [5.41, 5.74) is 6.56. The number of hydrogen-bond acceptors (Lipinski definition) is 26. The monoisotopic (exact) mass is 1990 g/mol. The van der Waals surface area contributed by atoms with Gasteiger partial charge in [0.25, 0.3) is 5.91 Å². The minimum Gasteiger partial charge on any atom is -0.469 e. The molecule has 0 bridgehead atoms. The SMILES string of the molecule is CC(C)(C)C1NC(=O)NC1=O.CC(C)(C)N1CCCC1.CC(C)(C)N1CCCC1=O.CC(C)(C)N1CCCCC1.CC(C)(C)N1CCNCC1.CC(C)(C)N1CCOCC1.CC(C)(C)c1ccco1.CC(C)(C)c1ccn[nH]1.CC(C)(C)c1cn[nH]c1.CC(C)(C)c1ncno1.CC(C)(C)c1nn[nH]n1.CC(C)(C)c1nnco1.CC(C)(C)c1nncs1.CC(C)(C)n1cccn1.CC(C)(C)n1ccnc1. The van der Waals surface area contributed by atoms with Gasteiger partial charge in [-0.1, -0.05) is 183 Å². The van der Waals surface area contributed by atoms with E-state index in [0.717, 1.165) is 75.4 Å². The van der Waals surface area contributed by atoms with E-state index in [9.17, 15) is 14.4 Å². The van der Waals surface area contributed by atoms with Crippen molar-refractivity contribution in [2.24, 2.45) is 5.41 Å². The summed E-state index contributed by atoms with van der Waals surface area (Å²) in [6.07, 6.45) is 28.2. The van der Waals surface area contributed by atoms with E-state index in [2.05, 4.69) is 350 Å². The van der Waals surface area contributed by atoms with Gasteiger partial charge in [0.15, 0.2) is 12.2 Å². The third-order valence-corrected chi connectivity index (χ3v) is 23.5. The first-order chi connectivity index (χ1) is 64.3. The number of carbonyl (C=O) groups excluding carboxylic acids is 3. The molecule has 6 aliphatic heterocycles. The van der Waals surface area contributed by atoms with Gasteiger partial charge in [0.1, 0.15) is 22.3 Å². The lowest BCUT2D eigenvalue weighted by molar-refractivity contribution is -0.131. The largest absolute Gasteiger partial charge is 0.469 e. The van der Waals surface area contributed by atoms with Crippen LogP contribution in [-0.2, 0) is 63.3 Å². The molecule has 9 aromatic rings. The van der Waals surface area contributed by atoms with Crippen LogP contribution in [0.1, 0.15) is 396 Å². The minimum absolute atomic E-state index is 0.00694. The lowest BCUT2D eigenvalue weighted by Crippen LogP contribution is -2.51. The van der Waals surface area contributed by atoms with Crippen molar-refractivity contribution in [2.45, 2.75) is 439 Å². The lowest BCUT2D eigenvalue weighted by atomic mass is 9.87. The summed E-state index contributed by atoms with van der Waals surface area (Å²) in [7, 11) is 0. The molecule has 33 nitrogen and oxygen atoms in total. The van der Waals surface area contributed by atoms with Crippen LogP contribution in [-0.4, -0.2) is 252 Å². The van der Waals surface area contributed by atoms with Crippen molar-refractivity contribution in [1.82, 2.24) is 131 Å². The maximum Gasteiger partial charge on any atom is 0.322 e. The van der Waals surface area contributed by atoms with E-state index in [0.29, 0.717) is 39.8 Å². The fourth-order valence-corrected chi connectivity index (χ4v) is 13.9. The average molecular weight is 1990 g/mol. The number of rotatable bonds is 0. The number of hydrogen-bond donors (Lipinski definition) is 6. The van der Waals surface area contributed by atoms with Crippen molar-refractivity contribution < 1.29 is 32.5 Å². The summed E-state index contributed by atoms with van der Waals surface area (Å²) < 4.78 is 24.3. The molecular formula is C107H198N26O7S.